The number of sulfonamides is 1. The minimum Gasteiger partial charge on any atom is -0.398 e. The van der Waals surface area contributed by atoms with Crippen molar-refractivity contribution in [2.75, 3.05) is 12.3 Å². The molecule has 0 unspecified atom stereocenters. The molecule has 0 aliphatic rings. The first-order valence-corrected chi connectivity index (χ1v) is 8.09. The first-order valence-electron chi connectivity index (χ1n) is 6.60. The van der Waals surface area contributed by atoms with E-state index in [1.807, 2.05) is 6.92 Å². The zero-order valence-electron chi connectivity index (χ0n) is 12.3. The number of hydrogen-bond donors (Lipinski definition) is 2. The van der Waals surface area contributed by atoms with Crippen molar-refractivity contribution < 1.29 is 8.42 Å². The van der Waals surface area contributed by atoms with E-state index in [1.54, 1.807) is 19.9 Å². The lowest BCUT2D eigenvalue weighted by molar-refractivity contribution is 0.576. The van der Waals surface area contributed by atoms with Crippen molar-refractivity contribution in [3.63, 3.8) is 0 Å². The fourth-order valence-corrected chi connectivity index (χ4v) is 3.72. The van der Waals surface area contributed by atoms with Crippen LogP contribution in [0.5, 0.6) is 0 Å². The van der Waals surface area contributed by atoms with Gasteiger partial charge in [0.2, 0.25) is 10.0 Å². The molecule has 5 heteroatoms. The fourth-order valence-electron chi connectivity index (χ4n) is 2.08. The number of benzene rings is 1. The third-order valence-electron chi connectivity index (χ3n) is 3.39. The zero-order chi connectivity index (χ0) is 15.3. The van der Waals surface area contributed by atoms with Crippen molar-refractivity contribution in [2.24, 2.45) is 0 Å². The highest BCUT2D eigenvalue weighted by Crippen LogP contribution is 2.27. The highest BCUT2D eigenvalue weighted by molar-refractivity contribution is 7.89. The second kappa shape index (κ2) is 6.78. The normalized spacial score (nSPS) is 11.3. The van der Waals surface area contributed by atoms with Gasteiger partial charge < -0.3 is 5.73 Å². The first kappa shape index (κ1) is 16.5. The summed E-state index contributed by atoms with van der Waals surface area (Å²) in [4.78, 5) is 0.298. The number of nitrogens with two attached hydrogens (primary N) is 1. The molecule has 1 rings (SSSR count). The molecule has 0 saturated carbocycles. The maximum absolute atomic E-state index is 12.4. The summed E-state index contributed by atoms with van der Waals surface area (Å²) in [6, 6.07) is 1.80. The maximum Gasteiger partial charge on any atom is 0.241 e. The second-order valence-electron chi connectivity index (χ2n) is 4.92. The zero-order valence-corrected chi connectivity index (χ0v) is 13.1. The Morgan fingerprint density at radius 2 is 1.90 bits per heavy atom. The van der Waals surface area contributed by atoms with Crippen LogP contribution in [-0.2, 0) is 10.0 Å². The van der Waals surface area contributed by atoms with Gasteiger partial charge in [0.1, 0.15) is 0 Å². The van der Waals surface area contributed by atoms with Crippen molar-refractivity contribution in [3.8, 4) is 12.3 Å². The van der Waals surface area contributed by atoms with Gasteiger partial charge in [-0.2, -0.15) is 0 Å². The molecule has 0 atom stereocenters. The van der Waals surface area contributed by atoms with E-state index in [2.05, 4.69) is 10.6 Å². The molecule has 0 radical (unpaired) electrons. The molecule has 110 valence electrons. The van der Waals surface area contributed by atoms with Gasteiger partial charge >= 0.3 is 0 Å². The summed E-state index contributed by atoms with van der Waals surface area (Å²) in [5.41, 5.74) is 8.59. The summed E-state index contributed by atoms with van der Waals surface area (Å²) in [6.07, 6.45) is 7.36. The summed E-state index contributed by atoms with van der Waals surface area (Å²) in [5.74, 6) is 2.54. The minimum absolute atomic E-state index is 0.298. The fraction of sp³-hybridized carbons (Fsp3) is 0.467. The highest BCUT2D eigenvalue weighted by Gasteiger charge is 2.21. The molecular weight excluding hydrogens is 272 g/mol. The highest BCUT2D eigenvalue weighted by atomic mass is 32.2. The van der Waals surface area contributed by atoms with Crippen molar-refractivity contribution in [3.05, 3.63) is 22.8 Å². The molecular formula is C15H22N2O2S. The maximum atomic E-state index is 12.4. The molecule has 0 saturated heterocycles. The number of aryl methyl sites for hydroxylation is 1. The van der Waals surface area contributed by atoms with Crippen LogP contribution in [0, 0.1) is 33.1 Å². The summed E-state index contributed by atoms with van der Waals surface area (Å²) < 4.78 is 27.4. The van der Waals surface area contributed by atoms with Gasteiger partial charge in [-0.15, -0.1) is 12.3 Å². The second-order valence-corrected chi connectivity index (χ2v) is 6.62. The van der Waals surface area contributed by atoms with Crippen LogP contribution < -0.4 is 10.5 Å². The van der Waals surface area contributed by atoms with Crippen molar-refractivity contribution in [1.82, 2.24) is 4.72 Å². The molecule has 4 nitrogen and oxygen atoms in total. The topological polar surface area (TPSA) is 72.2 Å². The van der Waals surface area contributed by atoms with Crippen LogP contribution >= 0.6 is 0 Å². The van der Waals surface area contributed by atoms with Gasteiger partial charge in [0.25, 0.3) is 0 Å². The van der Waals surface area contributed by atoms with Crippen molar-refractivity contribution >= 4 is 15.7 Å². The Kier molecular flexibility index (Phi) is 5.61. The molecule has 1 aromatic rings. The van der Waals surface area contributed by atoms with Crippen molar-refractivity contribution in [1.29, 1.82) is 0 Å². The summed E-state index contributed by atoms with van der Waals surface area (Å²) in [6.45, 7) is 5.77. The molecule has 0 aliphatic carbocycles. The molecule has 0 heterocycles. The third kappa shape index (κ3) is 3.75. The molecule has 1 aromatic carbocycles. The van der Waals surface area contributed by atoms with E-state index >= 15 is 0 Å². The molecule has 3 N–H and O–H groups in total. The van der Waals surface area contributed by atoms with E-state index < -0.39 is 10.0 Å². The van der Waals surface area contributed by atoms with E-state index in [4.69, 9.17) is 12.2 Å². The quantitative estimate of drug-likeness (QED) is 0.480. The molecule has 0 amide bonds. The van der Waals surface area contributed by atoms with Gasteiger partial charge in [0, 0.05) is 18.7 Å². The van der Waals surface area contributed by atoms with E-state index in [9.17, 15) is 8.42 Å². The number of nitrogen functional groups attached to an aromatic ring is 1. The number of hydrogen-bond acceptors (Lipinski definition) is 3. The molecule has 0 spiro atoms. The lowest BCUT2D eigenvalue weighted by atomic mass is 10.1. The standard InChI is InChI=1S/C15H22N2O2S/c1-5-6-7-8-9-17-20(18,19)15-12(3)11(2)10-14(16)13(15)4/h1,10,17H,6-9,16H2,2-4H3. The van der Waals surface area contributed by atoms with Gasteiger partial charge in [0.15, 0.2) is 0 Å². The molecule has 0 bridgehead atoms. The predicted octanol–water partition coefficient (Wildman–Crippen LogP) is 2.28. The van der Waals surface area contributed by atoms with Crippen LogP contribution in [0.2, 0.25) is 0 Å². The van der Waals surface area contributed by atoms with Gasteiger partial charge in [-0.05, 0) is 56.4 Å². The Hall–Kier alpha value is -1.51. The van der Waals surface area contributed by atoms with Gasteiger partial charge in [-0.3, -0.25) is 0 Å². The van der Waals surface area contributed by atoms with E-state index in [0.717, 1.165) is 24.0 Å². The molecule has 20 heavy (non-hydrogen) atoms. The summed E-state index contributed by atoms with van der Waals surface area (Å²) in [5, 5.41) is 0. The van der Waals surface area contributed by atoms with Gasteiger partial charge in [0.05, 0.1) is 4.90 Å². The first-order chi connectivity index (χ1) is 9.31. The molecule has 0 fully saturated rings. The number of nitrogens with one attached hydrogen (secondary N) is 1. The average Bonchev–Trinajstić information content (AvgIpc) is 2.36. The number of terminal acetylenes is 1. The lowest BCUT2D eigenvalue weighted by Gasteiger charge is -2.15. The van der Waals surface area contributed by atoms with Crippen LogP contribution in [-0.4, -0.2) is 15.0 Å². The van der Waals surface area contributed by atoms with E-state index in [0.29, 0.717) is 29.1 Å². The number of unbranched alkanes of at least 4 members (excludes halogenated alkanes) is 2. The smallest absolute Gasteiger partial charge is 0.241 e. The SMILES string of the molecule is C#CCCCCNS(=O)(=O)c1c(C)c(C)cc(N)c1C. The molecule has 0 aliphatic heterocycles. The lowest BCUT2D eigenvalue weighted by Crippen LogP contribution is -2.26. The van der Waals surface area contributed by atoms with Crippen LogP contribution in [0.25, 0.3) is 0 Å². The van der Waals surface area contributed by atoms with Crippen molar-refractivity contribution in [2.45, 2.75) is 44.9 Å². The number of anilines is 1. The van der Waals surface area contributed by atoms with Crippen LogP contribution in [0.1, 0.15) is 36.0 Å². The monoisotopic (exact) mass is 294 g/mol. The number of rotatable bonds is 6. The Morgan fingerprint density at radius 1 is 1.25 bits per heavy atom. The Bertz CT molecular complexity index is 602. The summed E-state index contributed by atoms with van der Waals surface area (Å²) >= 11 is 0. The van der Waals surface area contributed by atoms with Gasteiger partial charge in [-0.25, -0.2) is 13.1 Å². The van der Waals surface area contributed by atoms with Crippen LogP contribution in [0.3, 0.4) is 0 Å². The summed E-state index contributed by atoms with van der Waals surface area (Å²) in [7, 11) is -3.54. The minimum atomic E-state index is -3.54. The largest absolute Gasteiger partial charge is 0.398 e. The Labute approximate surface area is 121 Å². The Balaban J connectivity index is 2.96. The Morgan fingerprint density at radius 3 is 2.50 bits per heavy atom. The molecule has 0 aromatic heterocycles. The van der Waals surface area contributed by atoms with E-state index in [1.165, 1.54) is 0 Å². The van der Waals surface area contributed by atoms with Crippen LogP contribution in [0.4, 0.5) is 5.69 Å². The van der Waals surface area contributed by atoms with E-state index in [-0.39, 0.29) is 0 Å². The van der Waals surface area contributed by atoms with Crippen LogP contribution in [0.15, 0.2) is 11.0 Å². The average molecular weight is 294 g/mol. The predicted molar refractivity (Wildman–Crippen MR) is 82.9 cm³/mol. The van der Waals surface area contributed by atoms with Gasteiger partial charge in [-0.1, -0.05) is 0 Å². The third-order valence-corrected chi connectivity index (χ3v) is 5.12.